The SMILES string of the molecule is C#Cc1ccccc1-c1ccc2c(c1-c1ccccc1C#C)Cc1ccccc1-2. The molecule has 0 nitrogen and oxygen atoms in total. The molecule has 5 rings (SSSR count). The largest absolute Gasteiger partial charge is 0.115 e. The minimum Gasteiger partial charge on any atom is -0.115 e. The first-order valence-electron chi connectivity index (χ1n) is 9.68. The number of rotatable bonds is 2. The first kappa shape index (κ1) is 17.1. The third kappa shape index (κ3) is 2.67. The van der Waals surface area contributed by atoms with E-state index in [0.29, 0.717) is 0 Å². The van der Waals surface area contributed by atoms with Crippen molar-refractivity contribution in [2.24, 2.45) is 0 Å². The zero-order chi connectivity index (χ0) is 19.8. The van der Waals surface area contributed by atoms with E-state index in [0.717, 1.165) is 34.2 Å². The Bertz CT molecular complexity index is 1340. The molecule has 0 heterocycles. The van der Waals surface area contributed by atoms with Crippen molar-refractivity contribution in [3.8, 4) is 58.1 Å². The van der Waals surface area contributed by atoms with Gasteiger partial charge in [0, 0.05) is 11.1 Å². The molecule has 0 unspecified atom stereocenters. The van der Waals surface area contributed by atoms with Crippen LogP contribution in [0.1, 0.15) is 22.3 Å². The number of terminal acetylenes is 2. The monoisotopic (exact) mass is 366 g/mol. The molecule has 1 aliphatic rings. The Morgan fingerprint density at radius 1 is 0.517 bits per heavy atom. The molecule has 134 valence electrons. The normalized spacial score (nSPS) is 11.2. The van der Waals surface area contributed by atoms with E-state index >= 15 is 0 Å². The van der Waals surface area contributed by atoms with Gasteiger partial charge in [0.15, 0.2) is 0 Å². The van der Waals surface area contributed by atoms with Crippen molar-refractivity contribution in [3.63, 3.8) is 0 Å². The van der Waals surface area contributed by atoms with Crippen LogP contribution in [-0.4, -0.2) is 0 Å². The molecule has 0 saturated carbocycles. The standard InChI is InChI=1S/C29H18/c1-3-20-11-5-8-14-23(20)27-18-17-26-24-15-9-7-13-22(24)19-28(26)29(27)25-16-10-6-12-21(25)4-2/h1-2,5-18H,19H2. The lowest BCUT2D eigenvalue weighted by molar-refractivity contribution is 1.26. The van der Waals surface area contributed by atoms with E-state index in [1.165, 1.54) is 27.8 Å². The lowest BCUT2D eigenvalue weighted by Gasteiger charge is -2.18. The molecule has 0 radical (unpaired) electrons. The van der Waals surface area contributed by atoms with Crippen LogP contribution in [0.2, 0.25) is 0 Å². The van der Waals surface area contributed by atoms with E-state index in [2.05, 4.69) is 66.4 Å². The van der Waals surface area contributed by atoms with Crippen LogP contribution in [0.4, 0.5) is 0 Å². The highest BCUT2D eigenvalue weighted by atomic mass is 14.3. The summed E-state index contributed by atoms with van der Waals surface area (Å²) in [6.07, 6.45) is 12.6. The van der Waals surface area contributed by atoms with Gasteiger partial charge in [0.2, 0.25) is 0 Å². The minimum atomic E-state index is 0.891. The zero-order valence-corrected chi connectivity index (χ0v) is 15.9. The molecule has 4 aromatic rings. The second-order valence-electron chi connectivity index (χ2n) is 7.23. The fourth-order valence-electron chi connectivity index (χ4n) is 4.41. The summed E-state index contributed by atoms with van der Waals surface area (Å²) in [5.74, 6) is 5.72. The summed E-state index contributed by atoms with van der Waals surface area (Å²) < 4.78 is 0. The van der Waals surface area contributed by atoms with E-state index in [4.69, 9.17) is 12.8 Å². The Hall–Kier alpha value is -4.00. The highest BCUT2D eigenvalue weighted by Crippen LogP contribution is 2.46. The molecule has 0 saturated heterocycles. The molecule has 0 aliphatic heterocycles. The fourth-order valence-corrected chi connectivity index (χ4v) is 4.41. The summed E-state index contributed by atoms with van der Waals surface area (Å²) in [6, 6.07) is 29.3. The molecule has 0 heteroatoms. The fraction of sp³-hybridized carbons (Fsp3) is 0.0345. The van der Waals surface area contributed by atoms with Crippen LogP contribution in [0.3, 0.4) is 0 Å². The summed E-state index contributed by atoms with van der Waals surface area (Å²) in [7, 11) is 0. The molecule has 0 spiro atoms. The van der Waals surface area contributed by atoms with Crippen LogP contribution in [0.25, 0.3) is 33.4 Å². The first-order valence-corrected chi connectivity index (χ1v) is 9.68. The van der Waals surface area contributed by atoms with Crippen LogP contribution in [0.5, 0.6) is 0 Å². The summed E-state index contributed by atoms with van der Waals surface area (Å²) in [5, 5.41) is 0. The van der Waals surface area contributed by atoms with E-state index in [9.17, 15) is 0 Å². The highest BCUT2D eigenvalue weighted by molar-refractivity contribution is 5.96. The molecule has 0 N–H and O–H groups in total. The minimum absolute atomic E-state index is 0.891. The van der Waals surface area contributed by atoms with Gasteiger partial charge >= 0.3 is 0 Å². The topological polar surface area (TPSA) is 0 Å². The Morgan fingerprint density at radius 3 is 1.79 bits per heavy atom. The van der Waals surface area contributed by atoms with Crippen molar-refractivity contribution in [2.45, 2.75) is 6.42 Å². The number of fused-ring (bicyclic) bond motifs is 3. The van der Waals surface area contributed by atoms with Crippen molar-refractivity contribution in [1.29, 1.82) is 0 Å². The lowest BCUT2D eigenvalue weighted by atomic mass is 9.85. The van der Waals surface area contributed by atoms with Crippen LogP contribution < -0.4 is 0 Å². The maximum absolute atomic E-state index is 5.88. The Labute approximate surface area is 171 Å². The van der Waals surface area contributed by atoms with Crippen molar-refractivity contribution in [2.75, 3.05) is 0 Å². The summed E-state index contributed by atoms with van der Waals surface area (Å²) in [4.78, 5) is 0. The van der Waals surface area contributed by atoms with E-state index in [1.807, 2.05) is 30.3 Å². The smallest absolute Gasteiger partial charge is 0.0321 e. The molecular formula is C29H18. The number of benzene rings is 4. The van der Waals surface area contributed by atoms with Crippen molar-refractivity contribution < 1.29 is 0 Å². The van der Waals surface area contributed by atoms with Crippen molar-refractivity contribution in [3.05, 3.63) is 107 Å². The Balaban J connectivity index is 1.88. The maximum Gasteiger partial charge on any atom is 0.0321 e. The van der Waals surface area contributed by atoms with Gasteiger partial charge in [-0.2, -0.15) is 0 Å². The average Bonchev–Trinajstić information content (AvgIpc) is 3.17. The summed E-state index contributed by atoms with van der Waals surface area (Å²) in [6.45, 7) is 0. The number of hydrogen-bond acceptors (Lipinski definition) is 0. The van der Waals surface area contributed by atoms with Gasteiger partial charge in [-0.1, -0.05) is 84.6 Å². The predicted octanol–water partition coefficient (Wildman–Crippen LogP) is 6.55. The van der Waals surface area contributed by atoms with Crippen molar-refractivity contribution >= 4 is 0 Å². The molecule has 0 bridgehead atoms. The molecule has 4 aromatic carbocycles. The second-order valence-corrected chi connectivity index (χ2v) is 7.23. The Kier molecular flexibility index (Phi) is 4.05. The van der Waals surface area contributed by atoms with Gasteiger partial charge < -0.3 is 0 Å². The van der Waals surface area contributed by atoms with Gasteiger partial charge in [0.1, 0.15) is 0 Å². The Morgan fingerprint density at radius 2 is 1.07 bits per heavy atom. The van der Waals surface area contributed by atoms with Crippen LogP contribution >= 0.6 is 0 Å². The molecule has 1 aliphatic carbocycles. The van der Waals surface area contributed by atoms with Crippen LogP contribution in [-0.2, 0) is 6.42 Å². The zero-order valence-electron chi connectivity index (χ0n) is 15.9. The van der Waals surface area contributed by atoms with Gasteiger partial charge in [0.05, 0.1) is 0 Å². The van der Waals surface area contributed by atoms with Crippen molar-refractivity contribution in [1.82, 2.24) is 0 Å². The lowest BCUT2D eigenvalue weighted by Crippen LogP contribution is -1.96. The summed E-state index contributed by atoms with van der Waals surface area (Å²) >= 11 is 0. The average molecular weight is 366 g/mol. The highest BCUT2D eigenvalue weighted by Gasteiger charge is 2.25. The second kappa shape index (κ2) is 6.87. The molecule has 0 atom stereocenters. The third-order valence-electron chi connectivity index (χ3n) is 5.71. The molecule has 0 amide bonds. The van der Waals surface area contributed by atoms with E-state index < -0.39 is 0 Å². The van der Waals surface area contributed by atoms with Gasteiger partial charge in [-0.25, -0.2) is 0 Å². The van der Waals surface area contributed by atoms with Gasteiger partial charge in [-0.15, -0.1) is 12.8 Å². The quantitative estimate of drug-likeness (QED) is 0.311. The summed E-state index contributed by atoms with van der Waals surface area (Å²) in [5.41, 5.74) is 11.5. The van der Waals surface area contributed by atoms with Crippen LogP contribution in [0.15, 0.2) is 84.9 Å². The van der Waals surface area contributed by atoms with E-state index in [-0.39, 0.29) is 0 Å². The molecule has 29 heavy (non-hydrogen) atoms. The molecule has 0 aromatic heterocycles. The predicted molar refractivity (Wildman–Crippen MR) is 121 cm³/mol. The third-order valence-corrected chi connectivity index (χ3v) is 5.71. The van der Waals surface area contributed by atoms with Gasteiger partial charge in [-0.3, -0.25) is 0 Å². The van der Waals surface area contributed by atoms with Crippen LogP contribution in [0, 0.1) is 24.7 Å². The van der Waals surface area contributed by atoms with E-state index in [1.54, 1.807) is 0 Å². The maximum atomic E-state index is 5.88. The molecular weight excluding hydrogens is 348 g/mol. The van der Waals surface area contributed by atoms with Gasteiger partial charge in [0.25, 0.3) is 0 Å². The molecule has 0 fully saturated rings. The van der Waals surface area contributed by atoms with Gasteiger partial charge in [-0.05, 0) is 63.1 Å². The first-order chi connectivity index (χ1) is 14.3. The number of hydrogen-bond donors (Lipinski definition) is 0.